The summed E-state index contributed by atoms with van der Waals surface area (Å²) in [4.78, 5) is 33.8. The first kappa shape index (κ1) is 29.8. The van der Waals surface area contributed by atoms with Gasteiger partial charge in [0, 0.05) is 40.3 Å². The van der Waals surface area contributed by atoms with Crippen molar-refractivity contribution >= 4 is 34.4 Å². The van der Waals surface area contributed by atoms with Crippen LogP contribution in [0.1, 0.15) is 58.4 Å². The molecule has 1 heterocycles. The number of aromatic nitrogens is 2. The van der Waals surface area contributed by atoms with Crippen LogP contribution in [0, 0.1) is 5.82 Å². The summed E-state index contributed by atoms with van der Waals surface area (Å²) in [7, 11) is 2.97. The topological polar surface area (TPSA) is 102 Å². The summed E-state index contributed by atoms with van der Waals surface area (Å²) in [5.74, 6) is -0.876. The fourth-order valence-corrected chi connectivity index (χ4v) is 5.74. The van der Waals surface area contributed by atoms with Gasteiger partial charge in [-0.2, -0.15) is 0 Å². The standard InChI is InChI=1S/C34H30ClFN2O5/c1-4-8-19(21-9-5-6-12-30(21)42-2)16-29(39)20-13-14-22(24(15-20)34(40)41)32-23(10-7-11-25(32)35)33-37-27-17-26(36)31(43-3)18-28(27)38-33/h5-7,9-15,17-19H,4,8,16H2,1-3H3,(H,37,38)(H,40,41). The molecule has 220 valence electrons. The zero-order valence-corrected chi connectivity index (χ0v) is 24.7. The molecule has 9 heteroatoms. The third-order valence-corrected chi connectivity index (χ3v) is 7.83. The first-order valence-corrected chi connectivity index (χ1v) is 14.2. The van der Waals surface area contributed by atoms with E-state index in [4.69, 9.17) is 21.1 Å². The Morgan fingerprint density at radius 2 is 1.74 bits per heavy atom. The van der Waals surface area contributed by atoms with Gasteiger partial charge >= 0.3 is 5.97 Å². The number of halogens is 2. The van der Waals surface area contributed by atoms with Crippen LogP contribution in [0.25, 0.3) is 33.5 Å². The number of carbonyl (C=O) groups excluding carboxylic acids is 1. The van der Waals surface area contributed by atoms with Crippen LogP contribution in [0.5, 0.6) is 11.5 Å². The van der Waals surface area contributed by atoms with Crippen molar-refractivity contribution in [2.75, 3.05) is 14.2 Å². The zero-order valence-electron chi connectivity index (χ0n) is 23.9. The first-order chi connectivity index (χ1) is 20.7. The number of imidazole rings is 1. The van der Waals surface area contributed by atoms with Gasteiger partial charge in [-0.1, -0.05) is 67.4 Å². The second-order valence-corrected chi connectivity index (χ2v) is 10.6. The number of fused-ring (bicyclic) bond motifs is 1. The molecule has 7 nitrogen and oxygen atoms in total. The average molecular weight is 601 g/mol. The number of para-hydroxylation sites is 1. The summed E-state index contributed by atoms with van der Waals surface area (Å²) in [6.45, 7) is 2.06. The van der Waals surface area contributed by atoms with Crippen LogP contribution in [-0.4, -0.2) is 41.0 Å². The number of hydrogen-bond acceptors (Lipinski definition) is 5. The van der Waals surface area contributed by atoms with E-state index in [1.165, 1.54) is 25.3 Å². The number of rotatable bonds is 11. The molecule has 0 saturated carbocycles. The van der Waals surface area contributed by atoms with Gasteiger partial charge in [0.25, 0.3) is 0 Å². The van der Waals surface area contributed by atoms with E-state index >= 15 is 0 Å². The average Bonchev–Trinajstić information content (AvgIpc) is 3.42. The number of carboxylic acids is 1. The number of ketones is 1. The smallest absolute Gasteiger partial charge is 0.336 e. The molecule has 1 unspecified atom stereocenters. The number of nitrogens with zero attached hydrogens (tertiary/aromatic N) is 1. The number of ether oxygens (including phenoxy) is 2. The van der Waals surface area contributed by atoms with E-state index in [1.54, 1.807) is 37.4 Å². The fraction of sp³-hybridized carbons (Fsp3) is 0.206. The number of aromatic amines is 1. The lowest BCUT2D eigenvalue weighted by Gasteiger charge is -2.19. The van der Waals surface area contributed by atoms with Gasteiger partial charge in [-0.05, 0) is 41.7 Å². The number of carbonyl (C=O) groups is 2. The molecule has 0 aliphatic carbocycles. The molecule has 43 heavy (non-hydrogen) atoms. The van der Waals surface area contributed by atoms with Crippen molar-refractivity contribution in [2.24, 2.45) is 0 Å². The summed E-state index contributed by atoms with van der Waals surface area (Å²) in [5.41, 5.74) is 3.33. The van der Waals surface area contributed by atoms with E-state index in [1.807, 2.05) is 24.3 Å². The number of benzene rings is 4. The summed E-state index contributed by atoms with van der Waals surface area (Å²) in [5, 5.41) is 10.5. The summed E-state index contributed by atoms with van der Waals surface area (Å²) < 4.78 is 25.0. The SMILES string of the molecule is CCCC(CC(=O)c1ccc(-c2c(Cl)cccc2-c2nc3cc(OC)c(F)cc3[nH]2)c(C(=O)O)c1)c1ccccc1OC. The van der Waals surface area contributed by atoms with E-state index in [0.29, 0.717) is 44.3 Å². The Labute approximate surface area is 253 Å². The highest BCUT2D eigenvalue weighted by Gasteiger charge is 2.24. The Balaban J connectivity index is 1.55. The fourth-order valence-electron chi connectivity index (χ4n) is 5.46. The normalized spacial score (nSPS) is 11.8. The molecule has 0 bridgehead atoms. The van der Waals surface area contributed by atoms with Gasteiger partial charge in [-0.15, -0.1) is 0 Å². The molecule has 5 rings (SSSR count). The maximum absolute atomic E-state index is 14.3. The summed E-state index contributed by atoms with van der Waals surface area (Å²) in [6, 6.07) is 20.1. The van der Waals surface area contributed by atoms with Crippen LogP contribution in [0.3, 0.4) is 0 Å². The lowest BCUT2D eigenvalue weighted by Crippen LogP contribution is -2.11. The maximum atomic E-state index is 14.3. The highest BCUT2D eigenvalue weighted by Crippen LogP contribution is 2.40. The molecule has 5 aromatic rings. The quantitative estimate of drug-likeness (QED) is 0.147. The van der Waals surface area contributed by atoms with Crippen LogP contribution >= 0.6 is 11.6 Å². The Bertz CT molecular complexity index is 1830. The molecule has 0 fully saturated rings. The highest BCUT2D eigenvalue weighted by molar-refractivity contribution is 6.34. The van der Waals surface area contributed by atoms with Crippen molar-refractivity contribution in [3.05, 3.63) is 100 Å². The molecule has 2 N–H and O–H groups in total. The first-order valence-electron chi connectivity index (χ1n) is 13.8. The van der Waals surface area contributed by atoms with Gasteiger partial charge in [0.15, 0.2) is 17.3 Å². The minimum Gasteiger partial charge on any atom is -0.496 e. The Kier molecular flexibility index (Phi) is 8.78. The van der Waals surface area contributed by atoms with E-state index in [9.17, 15) is 19.1 Å². The molecule has 0 saturated heterocycles. The van der Waals surface area contributed by atoms with Crippen LogP contribution in [0.15, 0.2) is 72.8 Å². The minimum absolute atomic E-state index is 0.0529. The predicted octanol–water partition coefficient (Wildman–Crippen LogP) is 8.56. The molecular weight excluding hydrogens is 571 g/mol. The third-order valence-electron chi connectivity index (χ3n) is 7.51. The molecule has 0 amide bonds. The number of methoxy groups -OCH3 is 2. The molecule has 0 aliphatic heterocycles. The predicted molar refractivity (Wildman–Crippen MR) is 165 cm³/mol. The molecule has 0 radical (unpaired) electrons. The lowest BCUT2D eigenvalue weighted by molar-refractivity contribution is 0.0697. The van der Waals surface area contributed by atoms with Crippen molar-refractivity contribution in [3.8, 4) is 34.0 Å². The second-order valence-electron chi connectivity index (χ2n) is 10.2. The van der Waals surface area contributed by atoms with Gasteiger partial charge in [-0.25, -0.2) is 14.2 Å². The van der Waals surface area contributed by atoms with Crippen LogP contribution < -0.4 is 9.47 Å². The highest BCUT2D eigenvalue weighted by atomic mass is 35.5. The van der Waals surface area contributed by atoms with Gasteiger partial charge in [-0.3, -0.25) is 4.79 Å². The van der Waals surface area contributed by atoms with E-state index in [0.717, 1.165) is 18.4 Å². The van der Waals surface area contributed by atoms with Crippen molar-refractivity contribution in [2.45, 2.75) is 32.1 Å². The molecule has 1 aromatic heterocycles. The summed E-state index contributed by atoms with van der Waals surface area (Å²) in [6.07, 6.45) is 1.83. The Morgan fingerprint density at radius 1 is 0.977 bits per heavy atom. The zero-order chi connectivity index (χ0) is 30.7. The van der Waals surface area contributed by atoms with Gasteiger partial charge in [0.05, 0.1) is 30.8 Å². The molecule has 0 aliphatic rings. The van der Waals surface area contributed by atoms with Crippen LogP contribution in [0.2, 0.25) is 5.02 Å². The van der Waals surface area contributed by atoms with Gasteiger partial charge < -0.3 is 19.6 Å². The summed E-state index contributed by atoms with van der Waals surface area (Å²) >= 11 is 6.67. The van der Waals surface area contributed by atoms with E-state index < -0.39 is 11.8 Å². The van der Waals surface area contributed by atoms with E-state index in [-0.39, 0.29) is 35.0 Å². The maximum Gasteiger partial charge on any atom is 0.336 e. The lowest BCUT2D eigenvalue weighted by atomic mass is 9.86. The number of carboxylic acid groups (broad SMARTS) is 1. The number of H-pyrrole nitrogens is 1. The van der Waals surface area contributed by atoms with E-state index in [2.05, 4.69) is 16.9 Å². The molecule has 1 atom stereocenters. The van der Waals surface area contributed by atoms with Crippen molar-refractivity contribution in [1.82, 2.24) is 9.97 Å². The third kappa shape index (κ3) is 5.96. The minimum atomic E-state index is -1.21. The second kappa shape index (κ2) is 12.7. The Morgan fingerprint density at radius 3 is 2.47 bits per heavy atom. The van der Waals surface area contributed by atoms with Crippen molar-refractivity contribution in [3.63, 3.8) is 0 Å². The van der Waals surface area contributed by atoms with Gasteiger partial charge in [0.1, 0.15) is 11.6 Å². The Hall–Kier alpha value is -4.69. The number of hydrogen-bond donors (Lipinski definition) is 2. The van der Waals surface area contributed by atoms with Crippen LogP contribution in [-0.2, 0) is 0 Å². The van der Waals surface area contributed by atoms with Crippen LogP contribution in [0.4, 0.5) is 4.39 Å². The number of Topliss-reactive ketones (excluding diaryl/α,β-unsaturated/α-hetero) is 1. The monoisotopic (exact) mass is 600 g/mol. The molecular formula is C34H30ClFN2O5. The van der Waals surface area contributed by atoms with Crippen molar-refractivity contribution < 1.29 is 28.6 Å². The van der Waals surface area contributed by atoms with Gasteiger partial charge in [0.2, 0.25) is 0 Å². The largest absolute Gasteiger partial charge is 0.496 e. The van der Waals surface area contributed by atoms with Crippen molar-refractivity contribution in [1.29, 1.82) is 0 Å². The number of aromatic carboxylic acids is 1. The molecule has 4 aromatic carbocycles. The molecule has 0 spiro atoms. The number of nitrogens with one attached hydrogen (secondary N) is 1.